The standard InChI is InChI=1S/C24H23N5O2S/c1-16-8-7-11-20(17(16)2)26-22(30)14-28(3)24(31)21-15-32-23(27-21)18-12-25-29(13-18)19-9-5-4-6-10-19/h4-13,15H,14H2,1-3H3,(H,26,30). The van der Waals surface area contributed by atoms with Gasteiger partial charge in [0, 0.05) is 29.9 Å². The summed E-state index contributed by atoms with van der Waals surface area (Å²) in [4.78, 5) is 31.1. The number of hydrogen-bond donors (Lipinski definition) is 1. The van der Waals surface area contributed by atoms with Gasteiger partial charge in [0.25, 0.3) is 5.91 Å². The van der Waals surface area contributed by atoms with E-state index in [1.165, 1.54) is 16.2 Å². The lowest BCUT2D eigenvalue weighted by Crippen LogP contribution is -2.35. The molecular weight excluding hydrogens is 422 g/mol. The zero-order valence-electron chi connectivity index (χ0n) is 18.1. The maximum atomic E-state index is 12.8. The summed E-state index contributed by atoms with van der Waals surface area (Å²) in [5.74, 6) is -0.562. The molecule has 0 aliphatic rings. The zero-order valence-corrected chi connectivity index (χ0v) is 18.9. The third kappa shape index (κ3) is 4.60. The van der Waals surface area contributed by atoms with Crippen molar-refractivity contribution in [1.82, 2.24) is 19.7 Å². The first-order chi connectivity index (χ1) is 15.4. The van der Waals surface area contributed by atoms with Crippen LogP contribution in [-0.4, -0.2) is 45.1 Å². The average Bonchev–Trinajstić information content (AvgIpc) is 3.47. The van der Waals surface area contributed by atoms with Gasteiger partial charge in [0.1, 0.15) is 10.7 Å². The number of aryl methyl sites for hydroxylation is 1. The van der Waals surface area contributed by atoms with Crippen LogP contribution in [0.5, 0.6) is 0 Å². The molecular formula is C24H23N5O2S. The molecule has 4 aromatic rings. The van der Waals surface area contributed by atoms with Gasteiger partial charge in [-0.3, -0.25) is 9.59 Å². The molecule has 32 heavy (non-hydrogen) atoms. The van der Waals surface area contributed by atoms with E-state index in [1.807, 2.05) is 68.6 Å². The van der Waals surface area contributed by atoms with Gasteiger partial charge in [-0.05, 0) is 43.2 Å². The van der Waals surface area contributed by atoms with E-state index in [9.17, 15) is 9.59 Å². The van der Waals surface area contributed by atoms with Crippen LogP contribution < -0.4 is 5.32 Å². The van der Waals surface area contributed by atoms with Crippen LogP contribution in [0.2, 0.25) is 0 Å². The third-order valence-electron chi connectivity index (χ3n) is 5.18. The number of nitrogens with one attached hydrogen (secondary N) is 1. The first-order valence-corrected chi connectivity index (χ1v) is 11.0. The number of likely N-dealkylation sites (N-methyl/N-ethyl adjacent to an activating group) is 1. The van der Waals surface area contributed by atoms with Gasteiger partial charge >= 0.3 is 0 Å². The van der Waals surface area contributed by atoms with E-state index in [2.05, 4.69) is 15.4 Å². The van der Waals surface area contributed by atoms with Gasteiger partial charge in [-0.1, -0.05) is 30.3 Å². The Morgan fingerprint density at radius 1 is 1.09 bits per heavy atom. The summed E-state index contributed by atoms with van der Waals surface area (Å²) in [5.41, 5.74) is 4.93. The summed E-state index contributed by atoms with van der Waals surface area (Å²) in [6, 6.07) is 15.5. The molecule has 0 aliphatic heterocycles. The van der Waals surface area contributed by atoms with Crippen molar-refractivity contribution in [3.05, 3.63) is 83.1 Å². The number of anilines is 1. The molecule has 162 valence electrons. The predicted molar refractivity (Wildman–Crippen MR) is 126 cm³/mol. The van der Waals surface area contributed by atoms with Crippen LogP contribution in [0.3, 0.4) is 0 Å². The van der Waals surface area contributed by atoms with Crippen molar-refractivity contribution in [2.45, 2.75) is 13.8 Å². The molecule has 1 N–H and O–H groups in total. The minimum atomic E-state index is -0.306. The number of carbonyl (C=O) groups is 2. The topological polar surface area (TPSA) is 80.1 Å². The van der Waals surface area contributed by atoms with Crippen LogP contribution in [0.4, 0.5) is 5.69 Å². The maximum absolute atomic E-state index is 12.8. The molecule has 2 amide bonds. The fourth-order valence-corrected chi connectivity index (χ4v) is 3.99. The van der Waals surface area contributed by atoms with Gasteiger partial charge in [-0.15, -0.1) is 11.3 Å². The number of hydrogen-bond acceptors (Lipinski definition) is 5. The van der Waals surface area contributed by atoms with Crippen molar-refractivity contribution >= 4 is 28.8 Å². The van der Waals surface area contributed by atoms with Crippen LogP contribution in [0.15, 0.2) is 66.3 Å². The summed E-state index contributed by atoms with van der Waals surface area (Å²) in [7, 11) is 1.59. The second-order valence-electron chi connectivity index (χ2n) is 7.50. The Kier molecular flexibility index (Phi) is 6.13. The maximum Gasteiger partial charge on any atom is 0.273 e. The van der Waals surface area contributed by atoms with Crippen LogP contribution in [-0.2, 0) is 4.79 Å². The third-order valence-corrected chi connectivity index (χ3v) is 6.07. The van der Waals surface area contributed by atoms with Gasteiger partial charge in [-0.2, -0.15) is 5.10 Å². The molecule has 0 unspecified atom stereocenters. The van der Waals surface area contributed by atoms with Crippen molar-refractivity contribution < 1.29 is 9.59 Å². The lowest BCUT2D eigenvalue weighted by molar-refractivity contribution is -0.116. The molecule has 0 bridgehead atoms. The highest BCUT2D eigenvalue weighted by Crippen LogP contribution is 2.25. The molecule has 0 spiro atoms. The summed E-state index contributed by atoms with van der Waals surface area (Å²) < 4.78 is 1.77. The second kappa shape index (κ2) is 9.15. The smallest absolute Gasteiger partial charge is 0.273 e. The predicted octanol–water partition coefficient (Wildman–Crippen LogP) is 4.32. The summed E-state index contributed by atoms with van der Waals surface area (Å²) in [6.45, 7) is 3.88. The van der Waals surface area contributed by atoms with Crippen LogP contribution in [0.1, 0.15) is 21.6 Å². The van der Waals surface area contributed by atoms with E-state index in [-0.39, 0.29) is 18.4 Å². The lowest BCUT2D eigenvalue weighted by atomic mass is 10.1. The highest BCUT2D eigenvalue weighted by atomic mass is 32.1. The van der Waals surface area contributed by atoms with E-state index in [1.54, 1.807) is 23.3 Å². The number of thiazole rings is 1. The Balaban J connectivity index is 1.41. The van der Waals surface area contributed by atoms with Crippen LogP contribution in [0, 0.1) is 13.8 Å². The first kappa shape index (κ1) is 21.5. The highest BCUT2D eigenvalue weighted by Gasteiger charge is 2.19. The molecule has 0 aliphatic carbocycles. The number of carbonyl (C=O) groups excluding carboxylic acids is 2. The second-order valence-corrected chi connectivity index (χ2v) is 8.36. The van der Waals surface area contributed by atoms with E-state index in [4.69, 9.17) is 0 Å². The van der Waals surface area contributed by atoms with Crippen LogP contribution >= 0.6 is 11.3 Å². The van der Waals surface area contributed by atoms with Crippen molar-refractivity contribution in [2.75, 3.05) is 18.9 Å². The molecule has 8 heteroatoms. The van der Waals surface area contributed by atoms with E-state index < -0.39 is 0 Å². The van der Waals surface area contributed by atoms with Crippen molar-refractivity contribution in [3.8, 4) is 16.3 Å². The number of rotatable bonds is 6. The van der Waals surface area contributed by atoms with Gasteiger partial charge < -0.3 is 10.2 Å². The van der Waals surface area contributed by atoms with Crippen LogP contribution in [0.25, 0.3) is 16.3 Å². The first-order valence-electron chi connectivity index (χ1n) is 10.1. The molecule has 4 rings (SSSR count). The Morgan fingerprint density at radius 2 is 1.88 bits per heavy atom. The molecule has 2 aromatic carbocycles. The van der Waals surface area contributed by atoms with E-state index in [0.717, 1.165) is 28.1 Å². The normalized spacial score (nSPS) is 10.7. The van der Waals surface area contributed by atoms with Gasteiger partial charge in [0.2, 0.25) is 5.91 Å². The zero-order chi connectivity index (χ0) is 22.7. The largest absolute Gasteiger partial charge is 0.331 e. The quantitative estimate of drug-likeness (QED) is 0.479. The molecule has 2 heterocycles. The minimum absolute atomic E-state index is 0.0645. The molecule has 0 radical (unpaired) electrons. The monoisotopic (exact) mass is 445 g/mol. The van der Waals surface area contributed by atoms with Gasteiger partial charge in [-0.25, -0.2) is 9.67 Å². The van der Waals surface area contributed by atoms with Crippen molar-refractivity contribution in [1.29, 1.82) is 0 Å². The lowest BCUT2D eigenvalue weighted by Gasteiger charge is -2.16. The summed E-state index contributed by atoms with van der Waals surface area (Å²) >= 11 is 1.37. The summed E-state index contributed by atoms with van der Waals surface area (Å²) in [5, 5.41) is 9.66. The molecule has 0 atom stereocenters. The van der Waals surface area contributed by atoms with Gasteiger partial charge in [0.15, 0.2) is 0 Å². The van der Waals surface area contributed by atoms with Crippen molar-refractivity contribution in [3.63, 3.8) is 0 Å². The van der Waals surface area contributed by atoms with Crippen molar-refractivity contribution in [2.24, 2.45) is 0 Å². The number of benzene rings is 2. The number of aromatic nitrogens is 3. The van der Waals surface area contributed by atoms with Gasteiger partial charge in [0.05, 0.1) is 18.4 Å². The molecule has 0 fully saturated rings. The molecule has 7 nitrogen and oxygen atoms in total. The van der Waals surface area contributed by atoms with E-state index >= 15 is 0 Å². The number of para-hydroxylation sites is 1. The molecule has 0 saturated heterocycles. The highest BCUT2D eigenvalue weighted by molar-refractivity contribution is 7.13. The average molecular weight is 446 g/mol. The summed E-state index contributed by atoms with van der Waals surface area (Å²) in [6.07, 6.45) is 3.60. The Labute approximate surface area is 190 Å². The number of nitrogens with zero attached hydrogens (tertiary/aromatic N) is 4. The van der Waals surface area contributed by atoms with E-state index in [0.29, 0.717) is 10.7 Å². The Morgan fingerprint density at radius 3 is 2.66 bits per heavy atom. The minimum Gasteiger partial charge on any atom is -0.331 e. The molecule has 0 saturated carbocycles. The Bertz CT molecular complexity index is 1260. The Hall–Kier alpha value is -3.78. The molecule has 2 aromatic heterocycles. The SMILES string of the molecule is Cc1cccc(NC(=O)CN(C)C(=O)c2csc(-c3cnn(-c4ccccc4)c3)n2)c1C. The fraction of sp³-hybridized carbons (Fsp3) is 0.167. The fourth-order valence-electron chi connectivity index (χ4n) is 3.22. The number of amides is 2.